The lowest BCUT2D eigenvalue weighted by Crippen LogP contribution is -2.58. The largest absolute Gasteiger partial charge is 0.461 e. The van der Waals surface area contributed by atoms with Crippen LogP contribution in [0.5, 0.6) is 0 Å². The number of benzene rings is 5. The zero-order valence-electron chi connectivity index (χ0n) is 45.1. The van der Waals surface area contributed by atoms with Gasteiger partial charge in [0.2, 0.25) is 29.5 Å². The van der Waals surface area contributed by atoms with Crippen LogP contribution in [0.3, 0.4) is 0 Å². The number of ether oxygens (including phenoxy) is 5. The van der Waals surface area contributed by atoms with Crippen molar-refractivity contribution in [3.63, 3.8) is 0 Å². The number of nitro groups is 1. The molecule has 0 unspecified atom stereocenters. The molecule has 442 valence electrons. The first-order valence-electron chi connectivity index (χ1n) is 25.9. The molecule has 5 atom stereocenters. The van der Waals surface area contributed by atoms with Gasteiger partial charge in [-0.15, -0.1) is 12.4 Å². The molecule has 83 heavy (non-hydrogen) atoms. The topological polar surface area (TPSA) is 362 Å². The number of aliphatic imine (C=N–C) groups is 1. The highest BCUT2D eigenvalue weighted by atomic mass is 35.5. The number of nitrogens with two attached hydrogens (primary N) is 2. The number of nitrogens with zero attached hydrogens (tertiary/aromatic N) is 2. The van der Waals surface area contributed by atoms with Gasteiger partial charge in [0, 0.05) is 6.54 Å². The Kier molecular flexibility index (Phi) is 29.4. The molecule has 0 saturated heterocycles. The molecule has 0 heterocycles. The van der Waals surface area contributed by atoms with E-state index in [-0.39, 0.29) is 71.4 Å². The Balaban J connectivity index is 0.0000148. The molecule has 5 aromatic rings. The predicted octanol–water partition coefficient (Wildman–Crippen LogP) is 2.11. The highest BCUT2D eigenvalue weighted by Gasteiger charge is 2.32. The summed E-state index contributed by atoms with van der Waals surface area (Å²) in [5.41, 5.74) is 16.8. The summed E-state index contributed by atoms with van der Waals surface area (Å²) in [6.07, 6.45) is -1.60. The van der Waals surface area contributed by atoms with Gasteiger partial charge >= 0.3 is 17.9 Å². The number of guanidine groups is 1. The maximum atomic E-state index is 14.1. The van der Waals surface area contributed by atoms with Gasteiger partial charge in [0.05, 0.1) is 51.9 Å². The Morgan fingerprint density at radius 2 is 0.916 bits per heavy atom. The number of hydrogen-bond donors (Lipinski definition) is 8. The Labute approximate surface area is 484 Å². The Hall–Kier alpha value is -9.30. The van der Waals surface area contributed by atoms with E-state index in [1.165, 1.54) is 0 Å². The molecule has 0 aliphatic rings. The maximum Gasteiger partial charge on any atom is 0.331 e. The molecule has 0 aromatic heterocycles. The number of carbonyl (C=O) groups is 8. The second kappa shape index (κ2) is 36.9. The molecule has 0 radical (unpaired) electrons. The summed E-state index contributed by atoms with van der Waals surface area (Å²) < 4.78 is 27.8. The zero-order valence-corrected chi connectivity index (χ0v) is 45.9. The van der Waals surface area contributed by atoms with Crippen LogP contribution in [0.15, 0.2) is 157 Å². The van der Waals surface area contributed by atoms with Gasteiger partial charge < -0.3 is 61.7 Å². The third kappa shape index (κ3) is 26.2. The Bertz CT molecular complexity index is 2880. The first kappa shape index (κ1) is 66.2. The minimum atomic E-state index is -1.71. The Morgan fingerprint density at radius 1 is 0.506 bits per heavy atom. The normalized spacial score (nSPS) is 12.7. The number of nitrogens with one attached hydrogen (secondary N) is 6. The van der Waals surface area contributed by atoms with Crippen molar-refractivity contribution < 1.29 is 67.1 Å². The van der Waals surface area contributed by atoms with Crippen LogP contribution in [0.4, 0.5) is 0 Å². The van der Waals surface area contributed by atoms with E-state index in [4.69, 9.17) is 35.2 Å². The zero-order chi connectivity index (χ0) is 58.9. The van der Waals surface area contributed by atoms with Crippen LogP contribution in [0.2, 0.25) is 0 Å². The lowest BCUT2D eigenvalue weighted by Gasteiger charge is -2.24. The first-order chi connectivity index (χ1) is 39.6. The van der Waals surface area contributed by atoms with E-state index in [9.17, 15) is 48.5 Å². The molecule has 26 heteroatoms. The molecule has 10 N–H and O–H groups in total. The quantitative estimate of drug-likeness (QED) is 0.00556. The van der Waals surface area contributed by atoms with E-state index >= 15 is 0 Å². The molecular weight excluding hydrogens is 1100 g/mol. The van der Waals surface area contributed by atoms with Crippen LogP contribution in [-0.4, -0.2) is 115 Å². The molecule has 0 spiro atoms. The van der Waals surface area contributed by atoms with Gasteiger partial charge in [-0.25, -0.2) is 19.9 Å². The summed E-state index contributed by atoms with van der Waals surface area (Å²) in [6.45, 7) is -2.30. The van der Waals surface area contributed by atoms with Crippen LogP contribution in [0, 0.1) is 10.1 Å². The van der Waals surface area contributed by atoms with Gasteiger partial charge in [-0.05, 0) is 40.7 Å². The number of carbonyl (C=O) groups excluding carboxylic acids is 8. The van der Waals surface area contributed by atoms with Crippen molar-refractivity contribution in [2.45, 2.75) is 88.9 Å². The van der Waals surface area contributed by atoms with Crippen molar-refractivity contribution in [3.05, 3.63) is 190 Å². The van der Waals surface area contributed by atoms with Crippen molar-refractivity contribution in [2.24, 2.45) is 16.5 Å². The van der Waals surface area contributed by atoms with Gasteiger partial charge in [0.25, 0.3) is 5.96 Å². The van der Waals surface area contributed by atoms with Gasteiger partial charge in [-0.3, -0.25) is 33.6 Å². The van der Waals surface area contributed by atoms with Crippen molar-refractivity contribution in [1.29, 1.82) is 0 Å². The van der Waals surface area contributed by atoms with E-state index in [2.05, 4.69) is 31.6 Å². The number of hydrazine groups is 1. The molecular formula is C57H67ClN10O15. The van der Waals surface area contributed by atoms with E-state index in [0.717, 1.165) is 5.56 Å². The summed E-state index contributed by atoms with van der Waals surface area (Å²) in [5.74, 6) is -8.10. The lowest BCUT2D eigenvalue weighted by molar-refractivity contribution is -0.525. The average Bonchev–Trinajstić information content (AvgIpc) is 3.55. The first-order valence-corrected chi connectivity index (χ1v) is 25.9. The monoisotopic (exact) mass is 1170 g/mol. The summed E-state index contributed by atoms with van der Waals surface area (Å²) in [6, 6.07) is 36.3. The van der Waals surface area contributed by atoms with Crippen LogP contribution in [-0.2, 0) is 95.1 Å². The molecule has 5 rings (SSSR count). The van der Waals surface area contributed by atoms with Crippen molar-refractivity contribution in [1.82, 2.24) is 32.0 Å². The molecule has 0 aliphatic carbocycles. The second-order valence-electron chi connectivity index (χ2n) is 18.2. The number of esters is 3. The SMILES string of the molecule is Cl.NC(=NCCC[C@H](NC(=O)[C@H](COCc1ccccc1)NC(=O)[C@@H](N)CC(=O)OCc1ccccc1)C(=O)NCC(=O)N[C@@H](CC(=O)OCc1ccccc1)C(=O)N[C@@H](COCc1ccccc1)C(=O)OCc1ccccc1)N[N+](=O)[O-]. The third-order valence-electron chi connectivity index (χ3n) is 11.7. The summed E-state index contributed by atoms with van der Waals surface area (Å²) in [5, 5.41) is 22.3. The van der Waals surface area contributed by atoms with Crippen LogP contribution < -0.4 is 43.5 Å². The summed E-state index contributed by atoms with van der Waals surface area (Å²) >= 11 is 0. The molecule has 0 bridgehead atoms. The minimum Gasteiger partial charge on any atom is -0.461 e. The molecule has 0 aliphatic heterocycles. The number of rotatable bonds is 34. The summed E-state index contributed by atoms with van der Waals surface area (Å²) in [4.78, 5) is 124. The van der Waals surface area contributed by atoms with Crippen molar-refractivity contribution in [2.75, 3.05) is 26.3 Å². The fourth-order valence-corrected chi connectivity index (χ4v) is 7.41. The standard InChI is InChI=1S/C57H66N10O15.ClH/c58-44(29-50(69)80-34-41-21-10-3-11-22-41)52(71)64-47(37-78-32-39-17-6-1-7-18-39)55(74)63-45(27-16-28-60-57(59)66-67(76)77)53(72)61-31-49(68)62-46(30-51(70)81-35-42-23-12-4-13-24-42)54(73)65-48(38-79-33-40-19-8-2-9-20-40)56(75)82-36-43-25-14-5-15-26-43;/h1-15,17-26,44-48H,16,27-38,58H2,(H,61,72)(H,62,68)(H,63,74)(H,64,71)(H,65,73)(H3,59,60,66);1H/t44-,45-,46-,47-,48-;/m0./s1. The lowest BCUT2D eigenvalue weighted by atomic mass is 10.1. The summed E-state index contributed by atoms with van der Waals surface area (Å²) in [7, 11) is 0. The van der Waals surface area contributed by atoms with Crippen LogP contribution >= 0.6 is 12.4 Å². The molecule has 0 fully saturated rings. The van der Waals surface area contributed by atoms with Gasteiger partial charge in [0.15, 0.2) is 11.1 Å². The second-order valence-corrected chi connectivity index (χ2v) is 18.2. The van der Waals surface area contributed by atoms with Crippen molar-refractivity contribution in [3.8, 4) is 0 Å². The van der Waals surface area contributed by atoms with Gasteiger partial charge in [0.1, 0.15) is 37.9 Å². The van der Waals surface area contributed by atoms with Crippen molar-refractivity contribution >= 4 is 65.8 Å². The van der Waals surface area contributed by atoms with E-state index in [1.54, 1.807) is 151 Å². The van der Waals surface area contributed by atoms with Gasteiger partial charge in [-0.2, -0.15) is 0 Å². The average molecular weight is 1170 g/mol. The molecule has 5 aromatic carbocycles. The number of halogens is 1. The minimum absolute atomic E-state index is 0. The number of hydrogen-bond acceptors (Lipinski definition) is 17. The Morgan fingerprint density at radius 3 is 1.40 bits per heavy atom. The number of amides is 5. The van der Waals surface area contributed by atoms with Gasteiger partial charge in [-0.1, -0.05) is 157 Å². The molecule has 0 saturated carbocycles. The fourth-order valence-electron chi connectivity index (χ4n) is 7.41. The molecule has 5 amide bonds. The highest BCUT2D eigenvalue weighted by Crippen LogP contribution is 2.10. The third-order valence-corrected chi connectivity index (χ3v) is 11.7. The van der Waals surface area contributed by atoms with E-state index in [1.807, 2.05) is 6.07 Å². The van der Waals surface area contributed by atoms with E-state index in [0.29, 0.717) is 22.3 Å². The molecule has 25 nitrogen and oxygen atoms in total. The maximum absolute atomic E-state index is 14.1. The van der Waals surface area contributed by atoms with Crippen LogP contribution in [0.25, 0.3) is 0 Å². The smallest absolute Gasteiger partial charge is 0.331 e. The predicted molar refractivity (Wildman–Crippen MR) is 302 cm³/mol. The van der Waals surface area contributed by atoms with Crippen LogP contribution in [0.1, 0.15) is 53.5 Å². The highest BCUT2D eigenvalue weighted by molar-refractivity contribution is 5.96. The fraction of sp³-hybridized carbons (Fsp3) is 0.316. The van der Waals surface area contributed by atoms with E-state index < -0.39 is 115 Å².